The van der Waals surface area contributed by atoms with Gasteiger partial charge in [0.25, 0.3) is 0 Å². The summed E-state index contributed by atoms with van der Waals surface area (Å²) < 4.78 is 5.68. The van der Waals surface area contributed by atoms with Gasteiger partial charge in [0, 0.05) is 23.9 Å². The van der Waals surface area contributed by atoms with Crippen LogP contribution < -0.4 is 0 Å². The second-order valence-corrected chi connectivity index (χ2v) is 5.79. The van der Waals surface area contributed by atoms with Crippen molar-refractivity contribution in [1.29, 1.82) is 0 Å². The van der Waals surface area contributed by atoms with Crippen LogP contribution in [0.2, 0.25) is 0 Å². The molecule has 88 valence electrons. The van der Waals surface area contributed by atoms with Crippen LogP contribution in [-0.2, 0) is 4.74 Å². The summed E-state index contributed by atoms with van der Waals surface area (Å²) in [6.07, 6.45) is 1.79. The lowest BCUT2D eigenvalue weighted by Gasteiger charge is -2.51. The average molecular weight is 213 g/mol. The third-order valence-corrected chi connectivity index (χ3v) is 2.97. The molecule has 3 heteroatoms. The lowest BCUT2D eigenvalue weighted by Crippen LogP contribution is -2.60. The maximum Gasteiger partial charge on any atom is 0.102 e. The van der Waals surface area contributed by atoms with Crippen LogP contribution in [-0.4, -0.2) is 27.5 Å². The van der Waals surface area contributed by atoms with Gasteiger partial charge in [-0.1, -0.05) is 6.58 Å². The first kappa shape index (κ1) is 12.5. The Hall–Kier alpha value is -0.540. The van der Waals surface area contributed by atoms with Gasteiger partial charge >= 0.3 is 0 Å². The lowest BCUT2D eigenvalue weighted by atomic mass is 9.80. The van der Waals surface area contributed by atoms with E-state index in [-0.39, 0.29) is 17.2 Å². The number of rotatable bonds is 2. The normalized spacial score (nSPS) is 26.3. The van der Waals surface area contributed by atoms with E-state index in [1.54, 1.807) is 0 Å². The van der Waals surface area contributed by atoms with Gasteiger partial charge in [0.2, 0.25) is 0 Å². The van der Waals surface area contributed by atoms with Crippen LogP contribution in [0.4, 0.5) is 0 Å². The third-order valence-electron chi connectivity index (χ3n) is 2.97. The Labute approximate surface area is 92.7 Å². The van der Waals surface area contributed by atoms with Crippen LogP contribution in [0.25, 0.3) is 0 Å². The molecule has 3 nitrogen and oxygen atoms in total. The van der Waals surface area contributed by atoms with Gasteiger partial charge in [0.1, 0.15) is 6.10 Å². The summed E-state index contributed by atoms with van der Waals surface area (Å²) in [6.45, 7) is 13.8. The molecule has 0 spiro atoms. The first-order valence-corrected chi connectivity index (χ1v) is 5.46. The molecule has 1 aliphatic rings. The van der Waals surface area contributed by atoms with Crippen molar-refractivity contribution >= 4 is 0 Å². The van der Waals surface area contributed by atoms with Crippen molar-refractivity contribution in [2.45, 2.75) is 64.6 Å². The monoisotopic (exact) mass is 213 g/mol. The van der Waals surface area contributed by atoms with Gasteiger partial charge in [-0.25, -0.2) is 0 Å². The summed E-state index contributed by atoms with van der Waals surface area (Å²) in [5.74, 6) is 0.748. The van der Waals surface area contributed by atoms with Crippen molar-refractivity contribution < 1.29 is 9.94 Å². The number of allylic oxidation sites excluding steroid dienone is 1. The average Bonchev–Trinajstić information content (AvgIpc) is 1.97. The van der Waals surface area contributed by atoms with E-state index in [1.165, 1.54) is 5.06 Å². The Bertz CT molecular complexity index is 240. The highest BCUT2D eigenvalue weighted by atomic mass is 16.5. The van der Waals surface area contributed by atoms with E-state index in [0.29, 0.717) is 0 Å². The topological polar surface area (TPSA) is 32.7 Å². The molecule has 0 atom stereocenters. The predicted octanol–water partition coefficient (Wildman–Crippen LogP) is 2.95. The molecule has 0 bridgehead atoms. The summed E-state index contributed by atoms with van der Waals surface area (Å²) in [5.41, 5.74) is -0.496. The minimum atomic E-state index is -0.248. The summed E-state index contributed by atoms with van der Waals surface area (Å²) in [4.78, 5) is 0. The summed E-state index contributed by atoms with van der Waals surface area (Å²) in [6, 6.07) is 0. The lowest BCUT2D eigenvalue weighted by molar-refractivity contribution is -0.258. The summed E-state index contributed by atoms with van der Waals surface area (Å²) in [7, 11) is 0. The van der Waals surface area contributed by atoms with Gasteiger partial charge in [-0.3, -0.25) is 0 Å². The second kappa shape index (κ2) is 3.80. The van der Waals surface area contributed by atoms with Crippen LogP contribution in [0.3, 0.4) is 0 Å². The molecular formula is C12H23NO2. The molecule has 0 radical (unpaired) electrons. The fourth-order valence-electron chi connectivity index (χ4n) is 2.55. The molecule has 1 saturated heterocycles. The van der Waals surface area contributed by atoms with Crippen LogP contribution in [0.1, 0.15) is 47.5 Å². The van der Waals surface area contributed by atoms with Gasteiger partial charge in [-0.15, -0.1) is 0 Å². The number of hydrogen-bond acceptors (Lipinski definition) is 3. The van der Waals surface area contributed by atoms with Gasteiger partial charge in [-0.2, -0.15) is 5.06 Å². The molecular weight excluding hydrogens is 190 g/mol. The third kappa shape index (κ3) is 2.73. The number of piperidine rings is 1. The quantitative estimate of drug-likeness (QED) is 0.716. The van der Waals surface area contributed by atoms with E-state index in [1.807, 2.05) is 34.6 Å². The van der Waals surface area contributed by atoms with Crippen molar-refractivity contribution in [2.75, 3.05) is 0 Å². The van der Waals surface area contributed by atoms with E-state index in [9.17, 15) is 5.21 Å². The van der Waals surface area contributed by atoms with E-state index < -0.39 is 0 Å². The van der Waals surface area contributed by atoms with Gasteiger partial charge in [0.05, 0.1) is 5.76 Å². The molecule has 1 rings (SSSR count). The number of hydroxylamine groups is 2. The fourth-order valence-corrected chi connectivity index (χ4v) is 2.55. The predicted molar refractivity (Wildman–Crippen MR) is 60.7 cm³/mol. The molecule has 1 fully saturated rings. The Morgan fingerprint density at radius 2 is 1.67 bits per heavy atom. The molecule has 0 aromatic heterocycles. The Balaban J connectivity index is 2.79. The van der Waals surface area contributed by atoms with Crippen molar-refractivity contribution in [3.63, 3.8) is 0 Å². The van der Waals surface area contributed by atoms with Gasteiger partial charge in [0.15, 0.2) is 0 Å². The molecule has 1 aliphatic heterocycles. The smallest absolute Gasteiger partial charge is 0.102 e. The highest BCUT2D eigenvalue weighted by Gasteiger charge is 2.45. The molecule has 15 heavy (non-hydrogen) atoms. The highest BCUT2D eigenvalue weighted by molar-refractivity contribution is 4.97. The molecule has 0 saturated carbocycles. The SMILES string of the molecule is C=C(C)OC1CC(C)(C)N(O)C(C)(C)C1. The number of nitrogens with zero attached hydrogens (tertiary/aromatic N) is 1. The Morgan fingerprint density at radius 3 is 2.00 bits per heavy atom. The molecule has 0 unspecified atom stereocenters. The maximum atomic E-state index is 10.1. The summed E-state index contributed by atoms with van der Waals surface area (Å²) >= 11 is 0. The van der Waals surface area contributed by atoms with E-state index >= 15 is 0 Å². The summed E-state index contributed by atoms with van der Waals surface area (Å²) in [5, 5.41) is 11.5. The molecule has 0 aromatic carbocycles. The standard InChI is InChI=1S/C12H23NO2/c1-9(2)15-10-7-11(3,4)13(14)12(5,6)8-10/h10,14H,1,7-8H2,2-6H3. The zero-order chi connectivity index (χ0) is 11.9. The molecule has 0 aromatic rings. The fraction of sp³-hybridized carbons (Fsp3) is 0.833. The zero-order valence-electron chi connectivity index (χ0n) is 10.5. The van der Waals surface area contributed by atoms with Crippen molar-refractivity contribution in [2.24, 2.45) is 0 Å². The first-order valence-electron chi connectivity index (χ1n) is 5.46. The minimum absolute atomic E-state index is 0.149. The largest absolute Gasteiger partial charge is 0.496 e. The Morgan fingerprint density at radius 1 is 1.27 bits per heavy atom. The van der Waals surface area contributed by atoms with Gasteiger partial charge < -0.3 is 9.94 Å². The van der Waals surface area contributed by atoms with E-state index in [4.69, 9.17) is 4.74 Å². The van der Waals surface area contributed by atoms with Crippen LogP contribution in [0, 0.1) is 0 Å². The minimum Gasteiger partial charge on any atom is -0.496 e. The molecule has 1 N–H and O–H groups in total. The van der Waals surface area contributed by atoms with E-state index in [2.05, 4.69) is 6.58 Å². The maximum absolute atomic E-state index is 10.1. The number of ether oxygens (including phenoxy) is 1. The van der Waals surface area contributed by atoms with Gasteiger partial charge in [-0.05, 0) is 34.6 Å². The van der Waals surface area contributed by atoms with Crippen LogP contribution in [0.5, 0.6) is 0 Å². The molecule has 0 aliphatic carbocycles. The molecule has 1 heterocycles. The number of hydrogen-bond donors (Lipinski definition) is 1. The second-order valence-electron chi connectivity index (χ2n) is 5.79. The van der Waals surface area contributed by atoms with E-state index in [0.717, 1.165) is 18.6 Å². The highest BCUT2D eigenvalue weighted by Crippen LogP contribution is 2.38. The van der Waals surface area contributed by atoms with Crippen molar-refractivity contribution in [3.8, 4) is 0 Å². The Kier molecular flexibility index (Phi) is 3.17. The van der Waals surface area contributed by atoms with Crippen LogP contribution in [0.15, 0.2) is 12.3 Å². The van der Waals surface area contributed by atoms with Crippen molar-refractivity contribution in [1.82, 2.24) is 5.06 Å². The first-order chi connectivity index (χ1) is 6.65. The molecule has 0 amide bonds. The van der Waals surface area contributed by atoms with Crippen molar-refractivity contribution in [3.05, 3.63) is 12.3 Å². The van der Waals surface area contributed by atoms with Crippen LogP contribution >= 0.6 is 0 Å². The zero-order valence-corrected chi connectivity index (χ0v) is 10.5.